The normalized spacial score (nSPS) is 11.7. The van der Waals surface area contributed by atoms with Crippen molar-refractivity contribution in [3.8, 4) is 0 Å². The highest BCUT2D eigenvalue weighted by Crippen LogP contribution is 2.17. The van der Waals surface area contributed by atoms with E-state index < -0.39 is 0 Å². The zero-order valence-electron chi connectivity index (χ0n) is 14.6. The monoisotopic (exact) mass is 309 g/mol. The van der Waals surface area contributed by atoms with Gasteiger partial charge in [0.25, 0.3) is 0 Å². The predicted molar refractivity (Wildman–Crippen MR) is 100 cm³/mol. The Morgan fingerprint density at radius 3 is 2.65 bits per heavy atom. The van der Waals surface area contributed by atoms with E-state index >= 15 is 0 Å². The third kappa shape index (κ3) is 5.82. The fourth-order valence-electron chi connectivity index (χ4n) is 2.43. The smallest absolute Gasteiger partial charge is 0.163 e. The minimum Gasteiger partial charge on any atom is -0.294 e. The molecule has 0 saturated carbocycles. The van der Waals surface area contributed by atoms with Gasteiger partial charge in [0.05, 0.1) is 5.71 Å². The number of hydrogen-bond donors (Lipinski definition) is 0. The van der Waals surface area contributed by atoms with Crippen LogP contribution in [0.3, 0.4) is 0 Å². The molecule has 0 radical (unpaired) electrons. The number of rotatable bonds is 9. The van der Waals surface area contributed by atoms with E-state index in [1.165, 1.54) is 17.3 Å². The Hall–Kier alpha value is -2.22. The number of carbonyl (C=O) groups excluding carboxylic acids is 1. The molecule has 0 heterocycles. The van der Waals surface area contributed by atoms with Gasteiger partial charge in [0.2, 0.25) is 0 Å². The van der Waals surface area contributed by atoms with E-state index in [1.54, 1.807) is 0 Å². The Morgan fingerprint density at radius 2 is 2.04 bits per heavy atom. The number of Topliss-reactive ketones (excluding diaryl/α,β-unsaturated/α-hetero) is 1. The van der Waals surface area contributed by atoms with Crippen LogP contribution in [0.2, 0.25) is 0 Å². The highest BCUT2D eigenvalue weighted by Gasteiger charge is 2.10. The molecule has 23 heavy (non-hydrogen) atoms. The van der Waals surface area contributed by atoms with Gasteiger partial charge in [-0.15, -0.1) is 0 Å². The number of ketones is 1. The second-order valence-corrected chi connectivity index (χ2v) is 5.61. The Bertz CT molecular complexity index is 635. The maximum Gasteiger partial charge on any atom is 0.163 e. The molecule has 0 atom stereocenters. The minimum atomic E-state index is 0.155. The molecule has 0 fully saturated rings. The summed E-state index contributed by atoms with van der Waals surface area (Å²) in [6.45, 7) is 13.8. The molecule has 0 N–H and O–H groups in total. The van der Waals surface area contributed by atoms with Crippen LogP contribution in [0.5, 0.6) is 0 Å². The van der Waals surface area contributed by atoms with Gasteiger partial charge in [-0.25, -0.2) is 0 Å². The topological polar surface area (TPSA) is 29.4 Å². The van der Waals surface area contributed by atoms with Gasteiger partial charge < -0.3 is 0 Å². The van der Waals surface area contributed by atoms with Gasteiger partial charge in [-0.05, 0) is 55.5 Å². The summed E-state index contributed by atoms with van der Waals surface area (Å²) in [7, 11) is 0. The van der Waals surface area contributed by atoms with Crippen LogP contribution in [0.25, 0.3) is 0 Å². The molecular weight excluding hydrogens is 282 g/mol. The molecular formula is C21H27NO. The first-order valence-electron chi connectivity index (χ1n) is 8.15. The fraction of sp³-hybridized carbons (Fsp3) is 0.333. The summed E-state index contributed by atoms with van der Waals surface area (Å²) in [5.41, 5.74) is 4.95. The number of aryl methyl sites for hydroxylation is 2. The second kappa shape index (κ2) is 9.73. The van der Waals surface area contributed by atoms with E-state index in [-0.39, 0.29) is 5.78 Å². The van der Waals surface area contributed by atoms with E-state index in [9.17, 15) is 4.79 Å². The van der Waals surface area contributed by atoms with Gasteiger partial charge in [-0.3, -0.25) is 9.79 Å². The zero-order chi connectivity index (χ0) is 17.2. The van der Waals surface area contributed by atoms with E-state index in [0.717, 1.165) is 29.7 Å². The molecule has 0 spiro atoms. The molecule has 0 aromatic heterocycles. The molecule has 0 amide bonds. The molecule has 0 aliphatic heterocycles. The highest BCUT2D eigenvalue weighted by molar-refractivity contribution is 6.08. The second-order valence-electron chi connectivity index (χ2n) is 5.61. The Kier molecular flexibility index (Phi) is 7.96. The van der Waals surface area contributed by atoms with Crippen molar-refractivity contribution in [2.75, 3.05) is 0 Å². The van der Waals surface area contributed by atoms with Crippen LogP contribution in [0.4, 0.5) is 0 Å². The first kappa shape index (κ1) is 18.8. The van der Waals surface area contributed by atoms with Crippen molar-refractivity contribution in [3.05, 3.63) is 72.0 Å². The summed E-state index contributed by atoms with van der Waals surface area (Å²) < 4.78 is 0. The molecule has 0 aliphatic carbocycles. The van der Waals surface area contributed by atoms with Gasteiger partial charge >= 0.3 is 0 Å². The lowest BCUT2D eigenvalue weighted by molar-refractivity contribution is 0.0983. The van der Waals surface area contributed by atoms with Gasteiger partial charge in [-0.1, -0.05) is 44.7 Å². The van der Waals surface area contributed by atoms with Crippen molar-refractivity contribution in [3.63, 3.8) is 0 Å². The average molecular weight is 309 g/mol. The van der Waals surface area contributed by atoms with E-state index in [2.05, 4.69) is 32.0 Å². The Morgan fingerprint density at radius 1 is 1.30 bits per heavy atom. The summed E-state index contributed by atoms with van der Waals surface area (Å²) in [5, 5.41) is 0. The molecule has 1 aromatic carbocycles. The van der Waals surface area contributed by atoms with Crippen molar-refractivity contribution >= 4 is 11.5 Å². The molecule has 2 nitrogen and oxygen atoms in total. The van der Waals surface area contributed by atoms with Crippen LogP contribution >= 0.6 is 0 Å². The summed E-state index contributed by atoms with van der Waals surface area (Å²) >= 11 is 0. The summed E-state index contributed by atoms with van der Waals surface area (Å²) in [6.07, 6.45) is 8.44. The highest BCUT2D eigenvalue weighted by atomic mass is 16.1. The third-order valence-electron chi connectivity index (χ3n) is 3.76. The number of benzene rings is 1. The van der Waals surface area contributed by atoms with E-state index in [0.29, 0.717) is 12.8 Å². The van der Waals surface area contributed by atoms with Crippen LogP contribution in [0.1, 0.15) is 54.6 Å². The summed E-state index contributed by atoms with van der Waals surface area (Å²) in [5.74, 6) is 0.155. The van der Waals surface area contributed by atoms with Crippen LogP contribution in [0.15, 0.2) is 60.3 Å². The van der Waals surface area contributed by atoms with Crippen molar-refractivity contribution in [2.24, 2.45) is 4.99 Å². The average Bonchev–Trinajstić information content (AvgIpc) is 2.54. The molecule has 1 rings (SSSR count). The number of hydrogen-bond acceptors (Lipinski definition) is 2. The first-order chi connectivity index (χ1) is 11.0. The van der Waals surface area contributed by atoms with Gasteiger partial charge in [0.15, 0.2) is 5.78 Å². The van der Waals surface area contributed by atoms with E-state index in [4.69, 9.17) is 0 Å². The number of nitrogens with zero attached hydrogens (tertiary/aromatic N) is 1. The van der Waals surface area contributed by atoms with Crippen molar-refractivity contribution in [2.45, 2.75) is 46.5 Å². The van der Waals surface area contributed by atoms with Gasteiger partial charge in [-0.2, -0.15) is 0 Å². The number of allylic oxidation sites excluding steroid dienone is 3. The molecule has 0 saturated heterocycles. The number of aliphatic imine (C=N–C) groups is 1. The van der Waals surface area contributed by atoms with Gasteiger partial charge in [0, 0.05) is 18.2 Å². The fourth-order valence-corrected chi connectivity index (χ4v) is 2.43. The Balaban J connectivity index is 2.77. The predicted octanol–water partition coefficient (Wildman–Crippen LogP) is 5.63. The van der Waals surface area contributed by atoms with Crippen molar-refractivity contribution < 1.29 is 4.79 Å². The molecule has 0 aliphatic rings. The van der Waals surface area contributed by atoms with E-state index in [1.807, 2.05) is 37.3 Å². The minimum absolute atomic E-state index is 0.155. The largest absolute Gasteiger partial charge is 0.294 e. The summed E-state index contributed by atoms with van der Waals surface area (Å²) in [6, 6.07) is 6.00. The van der Waals surface area contributed by atoms with Crippen LogP contribution in [-0.4, -0.2) is 11.5 Å². The molecule has 0 unspecified atom stereocenters. The summed E-state index contributed by atoms with van der Waals surface area (Å²) in [4.78, 5) is 16.6. The molecule has 1 aromatic rings. The molecule has 2 heteroatoms. The lowest BCUT2D eigenvalue weighted by Gasteiger charge is -2.09. The lowest BCUT2D eigenvalue weighted by Crippen LogP contribution is -2.05. The molecule has 0 bridgehead atoms. The van der Waals surface area contributed by atoms with Crippen molar-refractivity contribution in [1.29, 1.82) is 0 Å². The maximum atomic E-state index is 12.4. The number of carbonyl (C=O) groups is 1. The van der Waals surface area contributed by atoms with Crippen LogP contribution in [0, 0.1) is 6.92 Å². The standard InChI is InChI=1S/C21H27NO/c1-6-9-18-15-19(13-11-16(18)4)21(23)14-12-17(5)20(10-7-2)22-8-3/h7-8,10-11,13,15H,3,5-6,9,12,14H2,1-2,4H3/b10-7-,22-20?. The quantitative estimate of drug-likeness (QED) is 0.429. The van der Waals surface area contributed by atoms with Crippen molar-refractivity contribution in [1.82, 2.24) is 0 Å². The van der Waals surface area contributed by atoms with Crippen LogP contribution < -0.4 is 0 Å². The van der Waals surface area contributed by atoms with Gasteiger partial charge in [0.1, 0.15) is 0 Å². The lowest BCUT2D eigenvalue weighted by atomic mass is 9.96. The SMILES string of the molecule is C=CN=C(/C=C\C)C(=C)CCC(=O)c1ccc(C)c(CCC)c1. The molecule has 122 valence electrons. The Labute approximate surface area is 140 Å². The van der Waals surface area contributed by atoms with Crippen LogP contribution in [-0.2, 0) is 6.42 Å². The zero-order valence-corrected chi connectivity index (χ0v) is 14.6. The third-order valence-corrected chi connectivity index (χ3v) is 3.76. The first-order valence-corrected chi connectivity index (χ1v) is 8.15. The maximum absolute atomic E-state index is 12.4.